The lowest BCUT2D eigenvalue weighted by atomic mass is 9.50. The highest BCUT2D eigenvalue weighted by Crippen LogP contribution is 2.66. The van der Waals surface area contributed by atoms with Crippen LogP contribution in [0.15, 0.2) is 34.9 Å². The molecule has 2 heteroatoms. The van der Waals surface area contributed by atoms with Gasteiger partial charge in [-0.15, -0.1) is 0 Å². The molecule has 3 fully saturated rings. The average Bonchev–Trinajstić information content (AvgIpc) is 3.13. The van der Waals surface area contributed by atoms with E-state index in [-0.39, 0.29) is 17.5 Å². The van der Waals surface area contributed by atoms with Crippen LogP contribution < -0.4 is 0 Å². The van der Waals surface area contributed by atoms with Crippen LogP contribution in [0.5, 0.6) is 0 Å². The number of ether oxygens (including phenoxy) is 1. The summed E-state index contributed by atoms with van der Waals surface area (Å²) >= 11 is 0. The zero-order valence-corrected chi connectivity index (χ0v) is 24.0. The van der Waals surface area contributed by atoms with Crippen LogP contribution in [0.1, 0.15) is 113 Å². The van der Waals surface area contributed by atoms with E-state index in [1.54, 1.807) is 18.1 Å². The Kier molecular flexibility index (Phi) is 7.81. The third-order valence-corrected chi connectivity index (χ3v) is 10.8. The standard InChI is InChI=1S/C33H52O2/c1-21(2)19-25(22(3)4)10-9-23(5)29-13-14-30-28-12-11-26-20-27(35-24(6)34)15-17-32(26,7)31(28)16-18-33(29,30)8/h11-12,19,21-23,27,29-31H,9-10,13-18,20H2,1-8H3/b25-19-/t23-,27?,29-,30+,31+,32+,33-/m1/s1. The van der Waals surface area contributed by atoms with Gasteiger partial charge in [0.1, 0.15) is 6.10 Å². The fraction of sp³-hybridized carbons (Fsp3) is 0.788. The van der Waals surface area contributed by atoms with Crippen LogP contribution in [-0.2, 0) is 9.53 Å². The molecule has 2 nitrogen and oxygen atoms in total. The zero-order valence-electron chi connectivity index (χ0n) is 24.0. The van der Waals surface area contributed by atoms with Gasteiger partial charge < -0.3 is 4.74 Å². The first-order valence-electron chi connectivity index (χ1n) is 14.7. The molecule has 35 heavy (non-hydrogen) atoms. The average molecular weight is 481 g/mol. The predicted molar refractivity (Wildman–Crippen MR) is 147 cm³/mol. The lowest BCUT2D eigenvalue weighted by molar-refractivity contribution is -0.148. The molecule has 0 amide bonds. The maximum Gasteiger partial charge on any atom is 0.302 e. The van der Waals surface area contributed by atoms with Crippen molar-refractivity contribution in [2.24, 2.45) is 46.3 Å². The summed E-state index contributed by atoms with van der Waals surface area (Å²) in [6.45, 7) is 18.6. The van der Waals surface area contributed by atoms with Crippen LogP contribution in [0.4, 0.5) is 0 Å². The number of carbonyl (C=O) groups excluding carboxylic acids is 1. The molecule has 0 saturated heterocycles. The van der Waals surface area contributed by atoms with E-state index >= 15 is 0 Å². The Bertz CT molecular complexity index is 889. The minimum Gasteiger partial charge on any atom is -0.462 e. The molecular weight excluding hydrogens is 428 g/mol. The minimum atomic E-state index is -0.133. The van der Waals surface area contributed by atoms with Crippen LogP contribution >= 0.6 is 0 Å². The molecule has 0 N–H and O–H groups in total. The van der Waals surface area contributed by atoms with Crippen molar-refractivity contribution < 1.29 is 9.53 Å². The van der Waals surface area contributed by atoms with Crippen molar-refractivity contribution in [2.45, 2.75) is 119 Å². The van der Waals surface area contributed by atoms with E-state index in [0.717, 1.165) is 37.0 Å². The summed E-state index contributed by atoms with van der Waals surface area (Å²) in [6, 6.07) is 0. The van der Waals surface area contributed by atoms with Gasteiger partial charge in [-0.3, -0.25) is 4.79 Å². The molecule has 0 radical (unpaired) electrons. The largest absolute Gasteiger partial charge is 0.462 e. The van der Waals surface area contributed by atoms with Gasteiger partial charge in [0.05, 0.1) is 0 Å². The van der Waals surface area contributed by atoms with Gasteiger partial charge in [0, 0.05) is 13.3 Å². The van der Waals surface area contributed by atoms with Crippen molar-refractivity contribution in [1.82, 2.24) is 0 Å². The third kappa shape index (κ3) is 5.10. The van der Waals surface area contributed by atoms with Crippen molar-refractivity contribution in [1.29, 1.82) is 0 Å². The molecule has 4 aliphatic carbocycles. The highest BCUT2D eigenvalue weighted by molar-refractivity contribution is 5.66. The van der Waals surface area contributed by atoms with Crippen molar-refractivity contribution in [3.63, 3.8) is 0 Å². The summed E-state index contributed by atoms with van der Waals surface area (Å²) in [5, 5.41) is 0. The molecule has 0 bridgehead atoms. The number of fused-ring (bicyclic) bond motifs is 5. The number of esters is 1. The van der Waals surface area contributed by atoms with E-state index in [1.165, 1.54) is 44.1 Å². The Morgan fingerprint density at radius 1 is 1.03 bits per heavy atom. The van der Waals surface area contributed by atoms with Crippen molar-refractivity contribution in [2.75, 3.05) is 0 Å². The maximum atomic E-state index is 11.5. The Labute approximate surface area is 216 Å². The van der Waals surface area contributed by atoms with E-state index < -0.39 is 0 Å². The van der Waals surface area contributed by atoms with Gasteiger partial charge >= 0.3 is 5.97 Å². The Hall–Kier alpha value is -1.31. The molecule has 0 aromatic carbocycles. The van der Waals surface area contributed by atoms with Gasteiger partial charge in [-0.05, 0) is 97.7 Å². The summed E-state index contributed by atoms with van der Waals surface area (Å²) in [4.78, 5) is 11.5. The molecule has 0 heterocycles. The first-order valence-corrected chi connectivity index (χ1v) is 14.7. The molecule has 0 aliphatic heterocycles. The molecule has 3 saturated carbocycles. The zero-order chi connectivity index (χ0) is 25.5. The lowest BCUT2D eigenvalue weighted by Crippen LogP contribution is -2.46. The highest BCUT2D eigenvalue weighted by atomic mass is 16.5. The molecular formula is C33H52O2. The van der Waals surface area contributed by atoms with Gasteiger partial charge in [0.15, 0.2) is 0 Å². The highest BCUT2D eigenvalue weighted by Gasteiger charge is 2.57. The van der Waals surface area contributed by atoms with Gasteiger partial charge in [-0.25, -0.2) is 0 Å². The number of rotatable bonds is 7. The maximum absolute atomic E-state index is 11.5. The minimum absolute atomic E-state index is 0.0767. The summed E-state index contributed by atoms with van der Waals surface area (Å²) in [5.41, 5.74) is 5.69. The van der Waals surface area contributed by atoms with Gasteiger partial charge in [-0.2, -0.15) is 0 Å². The lowest BCUT2D eigenvalue weighted by Gasteiger charge is -2.55. The first-order chi connectivity index (χ1) is 16.5. The normalized spacial score (nSPS) is 37.8. The van der Waals surface area contributed by atoms with Crippen molar-refractivity contribution in [3.05, 3.63) is 34.9 Å². The predicted octanol–water partition coefficient (Wildman–Crippen LogP) is 9.07. The molecule has 0 aromatic rings. The SMILES string of the molecule is CC(=O)OC1CC[C@@]2(C)C(=CC=C3[C@@H]4CC[C@H]([C@H](C)CC/C(=C/C(C)C)C(C)C)[C@@]4(C)CC[C@@H]32)C1. The summed E-state index contributed by atoms with van der Waals surface area (Å²) in [6.07, 6.45) is 18.8. The molecule has 1 unspecified atom stereocenters. The number of hydrogen-bond donors (Lipinski definition) is 0. The Morgan fingerprint density at radius 2 is 1.77 bits per heavy atom. The molecule has 4 aliphatic rings. The quantitative estimate of drug-likeness (QED) is 0.268. The fourth-order valence-corrected chi connectivity index (χ4v) is 8.87. The Morgan fingerprint density at radius 3 is 2.43 bits per heavy atom. The van der Waals surface area contributed by atoms with Gasteiger partial charge in [0.2, 0.25) is 0 Å². The fourth-order valence-electron chi connectivity index (χ4n) is 8.87. The van der Waals surface area contributed by atoms with Gasteiger partial charge in [-0.1, -0.05) is 83.4 Å². The van der Waals surface area contributed by atoms with Crippen molar-refractivity contribution in [3.8, 4) is 0 Å². The molecule has 196 valence electrons. The molecule has 4 rings (SSSR count). The number of hydrogen-bond acceptors (Lipinski definition) is 2. The first kappa shape index (κ1) is 26.7. The van der Waals surface area contributed by atoms with Crippen LogP contribution in [0.2, 0.25) is 0 Å². The van der Waals surface area contributed by atoms with E-state index in [4.69, 9.17) is 4.74 Å². The van der Waals surface area contributed by atoms with E-state index in [9.17, 15) is 4.79 Å². The molecule has 0 spiro atoms. The van der Waals surface area contributed by atoms with Crippen LogP contribution in [0.25, 0.3) is 0 Å². The van der Waals surface area contributed by atoms with Gasteiger partial charge in [0.25, 0.3) is 0 Å². The van der Waals surface area contributed by atoms with Crippen LogP contribution in [0, 0.1) is 46.3 Å². The van der Waals surface area contributed by atoms with Crippen LogP contribution in [0.3, 0.4) is 0 Å². The summed E-state index contributed by atoms with van der Waals surface area (Å²) in [5.74, 6) is 4.26. The number of carbonyl (C=O) groups is 1. The van der Waals surface area contributed by atoms with Crippen molar-refractivity contribution >= 4 is 5.97 Å². The second-order valence-electron chi connectivity index (χ2n) is 13.7. The van der Waals surface area contributed by atoms with Crippen LogP contribution in [-0.4, -0.2) is 12.1 Å². The topological polar surface area (TPSA) is 26.3 Å². The number of allylic oxidation sites excluding steroid dienone is 5. The van der Waals surface area contributed by atoms with E-state index in [2.05, 4.69) is 66.7 Å². The van der Waals surface area contributed by atoms with E-state index in [1.807, 2.05) is 0 Å². The molecule has 7 atom stereocenters. The Balaban J connectivity index is 1.49. The third-order valence-electron chi connectivity index (χ3n) is 10.8. The monoisotopic (exact) mass is 480 g/mol. The summed E-state index contributed by atoms with van der Waals surface area (Å²) < 4.78 is 5.62. The van der Waals surface area contributed by atoms with E-state index in [0.29, 0.717) is 23.2 Å². The summed E-state index contributed by atoms with van der Waals surface area (Å²) in [7, 11) is 0. The second kappa shape index (κ2) is 10.2. The molecule has 0 aromatic heterocycles. The second-order valence-corrected chi connectivity index (χ2v) is 13.7. The smallest absolute Gasteiger partial charge is 0.302 e.